The minimum Gasteiger partial charge on any atom is -0.492 e. The van der Waals surface area contributed by atoms with Gasteiger partial charge in [0.2, 0.25) is 0 Å². The molecule has 0 unspecified atom stereocenters. The van der Waals surface area contributed by atoms with Gasteiger partial charge in [0.15, 0.2) is 0 Å². The van der Waals surface area contributed by atoms with E-state index in [1.165, 1.54) is 18.3 Å². The lowest BCUT2D eigenvalue weighted by atomic mass is 10.0. The second kappa shape index (κ2) is 6.64. The fourth-order valence-corrected chi connectivity index (χ4v) is 1.57. The Hall–Kier alpha value is -2.14. The van der Waals surface area contributed by atoms with Gasteiger partial charge in [-0.25, -0.2) is 0 Å². The zero-order valence-electron chi connectivity index (χ0n) is 12.2. The highest BCUT2D eigenvalue weighted by Gasteiger charge is 2.83. The van der Waals surface area contributed by atoms with Crippen LogP contribution >= 0.6 is 0 Å². The van der Waals surface area contributed by atoms with Crippen LogP contribution in [0.4, 0.5) is 45.2 Å². The lowest BCUT2D eigenvalue weighted by Gasteiger charge is -2.32. The number of halogens is 9. The van der Waals surface area contributed by atoms with Crippen LogP contribution in [0, 0.1) is 0 Å². The third kappa shape index (κ3) is 3.61. The number of nitrogens with one attached hydrogen (secondary N) is 1. The van der Waals surface area contributed by atoms with Crippen molar-refractivity contribution in [3.8, 4) is 5.75 Å². The Kier molecular flexibility index (Phi) is 5.55. The van der Waals surface area contributed by atoms with Crippen molar-refractivity contribution in [2.24, 2.45) is 0 Å². The summed E-state index contributed by atoms with van der Waals surface area (Å²) in [6.07, 6.45) is -7.00. The molecule has 0 aliphatic carbocycles. The molecule has 0 atom stereocenters. The van der Waals surface area contributed by atoms with Gasteiger partial charge in [-0.15, -0.1) is 0 Å². The van der Waals surface area contributed by atoms with Crippen LogP contribution in [0.1, 0.15) is 6.92 Å². The van der Waals surface area contributed by atoms with E-state index < -0.39 is 35.5 Å². The topological polar surface area (TPSA) is 38.3 Å². The van der Waals surface area contributed by atoms with Gasteiger partial charge in [-0.1, -0.05) is 12.1 Å². The minimum atomic E-state index is -7.14. The highest BCUT2D eigenvalue weighted by molar-refractivity contribution is 5.98. The number of anilines is 1. The van der Waals surface area contributed by atoms with Gasteiger partial charge >= 0.3 is 29.9 Å². The number of rotatable bonds is 6. The number of alkyl halides is 9. The van der Waals surface area contributed by atoms with Crippen molar-refractivity contribution in [1.82, 2.24) is 0 Å². The first-order valence-corrected chi connectivity index (χ1v) is 6.43. The average Bonchev–Trinajstić information content (AvgIpc) is 2.47. The van der Waals surface area contributed by atoms with Crippen LogP contribution in [0.3, 0.4) is 0 Å². The Bertz CT molecular complexity index is 628. The van der Waals surface area contributed by atoms with E-state index in [9.17, 15) is 44.3 Å². The molecule has 0 aliphatic rings. The number of amides is 1. The number of benzene rings is 1. The molecular weight excluding hydrogens is 373 g/mol. The molecule has 0 heterocycles. The number of hydrogen-bond donors (Lipinski definition) is 1. The summed E-state index contributed by atoms with van der Waals surface area (Å²) in [5.74, 6) is -23.9. The molecule has 12 heteroatoms. The van der Waals surface area contributed by atoms with Crippen molar-refractivity contribution in [3.63, 3.8) is 0 Å². The highest BCUT2D eigenvalue weighted by atomic mass is 19.4. The summed E-state index contributed by atoms with van der Waals surface area (Å²) in [6.45, 7) is 1.41. The molecule has 25 heavy (non-hydrogen) atoms. The molecule has 0 spiro atoms. The van der Waals surface area contributed by atoms with Gasteiger partial charge in [-0.05, 0) is 19.1 Å². The van der Waals surface area contributed by atoms with Crippen LogP contribution in [0.15, 0.2) is 24.3 Å². The van der Waals surface area contributed by atoms with Crippen molar-refractivity contribution < 1.29 is 49.0 Å². The maximum atomic E-state index is 13.4. The molecule has 0 radical (unpaired) electrons. The number of ether oxygens (including phenoxy) is 1. The van der Waals surface area contributed by atoms with Crippen molar-refractivity contribution in [2.75, 3.05) is 11.9 Å². The summed E-state index contributed by atoms with van der Waals surface area (Å²) in [7, 11) is 0. The fourth-order valence-electron chi connectivity index (χ4n) is 1.57. The Morgan fingerprint density at radius 3 is 1.96 bits per heavy atom. The van der Waals surface area contributed by atoms with Gasteiger partial charge < -0.3 is 10.1 Å². The first-order chi connectivity index (χ1) is 11.2. The van der Waals surface area contributed by atoms with Gasteiger partial charge in [-0.2, -0.15) is 39.5 Å². The summed E-state index contributed by atoms with van der Waals surface area (Å²) >= 11 is 0. The van der Waals surface area contributed by atoms with Crippen LogP contribution in [-0.4, -0.2) is 36.5 Å². The first-order valence-electron chi connectivity index (χ1n) is 6.43. The van der Waals surface area contributed by atoms with Crippen LogP contribution < -0.4 is 10.1 Å². The Morgan fingerprint density at radius 1 is 0.960 bits per heavy atom. The molecule has 0 saturated carbocycles. The quantitative estimate of drug-likeness (QED) is 0.735. The normalized spacial score (nSPS) is 13.5. The van der Waals surface area contributed by atoms with E-state index in [4.69, 9.17) is 4.74 Å². The SMILES string of the molecule is CCOc1ccccc1NC(=O)C(F)(F)C(F)(F)C(F)(F)C(F)(F)F. The van der Waals surface area contributed by atoms with E-state index in [1.807, 2.05) is 0 Å². The summed E-state index contributed by atoms with van der Waals surface area (Å²) in [6, 6.07) is 4.49. The summed E-state index contributed by atoms with van der Waals surface area (Å²) in [5.41, 5.74) is -0.611. The average molecular weight is 383 g/mol. The van der Waals surface area contributed by atoms with Crippen molar-refractivity contribution >= 4 is 11.6 Å². The van der Waals surface area contributed by atoms with Crippen molar-refractivity contribution in [1.29, 1.82) is 0 Å². The molecule has 142 valence electrons. The van der Waals surface area contributed by atoms with Gasteiger partial charge in [0, 0.05) is 0 Å². The van der Waals surface area contributed by atoms with Gasteiger partial charge in [0.25, 0.3) is 0 Å². The lowest BCUT2D eigenvalue weighted by Crippen LogP contribution is -2.64. The molecular formula is C13H10F9NO2. The standard InChI is InChI=1S/C13H10F9NO2/c1-2-25-8-6-4-3-5-7(8)23-9(24)10(14,15)11(16,17)12(18,19)13(20,21)22/h3-6H,2H2,1H3,(H,23,24). The zero-order valence-corrected chi connectivity index (χ0v) is 12.2. The maximum Gasteiger partial charge on any atom is 0.460 e. The fraction of sp³-hybridized carbons (Fsp3) is 0.462. The predicted molar refractivity (Wildman–Crippen MR) is 67.1 cm³/mol. The van der Waals surface area contributed by atoms with E-state index in [-0.39, 0.29) is 12.4 Å². The van der Waals surface area contributed by atoms with Crippen LogP contribution in [0.2, 0.25) is 0 Å². The smallest absolute Gasteiger partial charge is 0.460 e. The molecule has 1 N–H and O–H groups in total. The van der Waals surface area contributed by atoms with E-state index in [0.29, 0.717) is 0 Å². The second-order valence-electron chi connectivity index (χ2n) is 4.60. The van der Waals surface area contributed by atoms with Crippen molar-refractivity contribution in [2.45, 2.75) is 30.9 Å². The van der Waals surface area contributed by atoms with Crippen LogP contribution in [0.5, 0.6) is 5.75 Å². The molecule has 0 saturated heterocycles. The van der Waals surface area contributed by atoms with E-state index in [0.717, 1.165) is 18.2 Å². The Morgan fingerprint density at radius 2 is 1.48 bits per heavy atom. The van der Waals surface area contributed by atoms with E-state index in [2.05, 4.69) is 0 Å². The molecule has 0 bridgehead atoms. The first kappa shape index (κ1) is 20.9. The molecule has 3 nitrogen and oxygen atoms in total. The molecule has 1 aromatic carbocycles. The Balaban J connectivity index is 3.19. The number of hydrogen-bond acceptors (Lipinski definition) is 2. The Labute approximate surface area is 134 Å². The minimum absolute atomic E-state index is 0.0361. The molecule has 1 aromatic rings. The third-order valence-corrected chi connectivity index (χ3v) is 2.86. The zero-order chi connectivity index (χ0) is 19.7. The summed E-state index contributed by atoms with van der Waals surface area (Å²) in [4.78, 5) is 11.3. The highest BCUT2D eigenvalue weighted by Crippen LogP contribution is 2.53. The molecule has 1 amide bonds. The molecule has 1 rings (SSSR count). The molecule has 0 aliphatic heterocycles. The number of para-hydroxylation sites is 2. The monoisotopic (exact) mass is 383 g/mol. The lowest BCUT2D eigenvalue weighted by molar-refractivity contribution is -0.388. The van der Waals surface area contributed by atoms with Crippen molar-refractivity contribution in [3.05, 3.63) is 24.3 Å². The summed E-state index contributed by atoms with van der Waals surface area (Å²) in [5, 5.41) is 1.17. The van der Waals surface area contributed by atoms with Gasteiger partial charge in [0.05, 0.1) is 12.3 Å². The predicted octanol–water partition coefficient (Wildman–Crippen LogP) is 4.49. The molecule has 0 fully saturated rings. The van der Waals surface area contributed by atoms with Crippen LogP contribution in [0.25, 0.3) is 0 Å². The van der Waals surface area contributed by atoms with Gasteiger partial charge in [0.1, 0.15) is 5.75 Å². The summed E-state index contributed by atoms with van der Waals surface area (Å²) < 4.78 is 120. The van der Waals surface area contributed by atoms with Gasteiger partial charge in [-0.3, -0.25) is 4.79 Å². The number of carbonyl (C=O) groups is 1. The second-order valence-corrected chi connectivity index (χ2v) is 4.60. The largest absolute Gasteiger partial charge is 0.492 e. The number of carbonyl (C=O) groups excluding carboxylic acids is 1. The molecule has 0 aromatic heterocycles. The van der Waals surface area contributed by atoms with E-state index >= 15 is 0 Å². The third-order valence-electron chi connectivity index (χ3n) is 2.86. The van der Waals surface area contributed by atoms with Crippen LogP contribution in [-0.2, 0) is 4.79 Å². The van der Waals surface area contributed by atoms with E-state index in [1.54, 1.807) is 0 Å². The maximum absolute atomic E-state index is 13.4.